The summed E-state index contributed by atoms with van der Waals surface area (Å²) >= 11 is 3.50. The molecule has 1 N–H and O–H groups in total. The molecule has 0 saturated carbocycles. The molecule has 2 heterocycles. The quantitative estimate of drug-likeness (QED) is 0.695. The van der Waals surface area contributed by atoms with E-state index in [1.165, 1.54) is 12.1 Å². The first-order valence-electron chi connectivity index (χ1n) is 8.04. The van der Waals surface area contributed by atoms with Crippen molar-refractivity contribution >= 4 is 27.7 Å². The van der Waals surface area contributed by atoms with Gasteiger partial charge in [-0.3, -0.25) is 4.79 Å². The number of hydrogen-bond acceptors (Lipinski definition) is 3. The summed E-state index contributed by atoms with van der Waals surface area (Å²) in [6.07, 6.45) is 2.09. The van der Waals surface area contributed by atoms with Crippen molar-refractivity contribution in [1.82, 2.24) is 9.78 Å². The van der Waals surface area contributed by atoms with E-state index >= 15 is 0 Å². The number of amides is 1. The van der Waals surface area contributed by atoms with Gasteiger partial charge in [0.15, 0.2) is 0 Å². The molecule has 1 aliphatic heterocycles. The van der Waals surface area contributed by atoms with Gasteiger partial charge in [-0.2, -0.15) is 5.10 Å². The van der Waals surface area contributed by atoms with Crippen LogP contribution in [0.1, 0.15) is 23.5 Å². The van der Waals surface area contributed by atoms with Crippen LogP contribution in [0.15, 0.2) is 53.1 Å². The van der Waals surface area contributed by atoms with E-state index in [1.54, 1.807) is 30.1 Å². The minimum Gasteiger partial charge on any atom is -0.496 e. The molecule has 0 bridgehead atoms. The molecular formula is C19H15BrFN3O2. The van der Waals surface area contributed by atoms with E-state index in [0.29, 0.717) is 17.9 Å². The lowest BCUT2D eigenvalue weighted by molar-refractivity contribution is -0.116. The van der Waals surface area contributed by atoms with Gasteiger partial charge in [-0.25, -0.2) is 9.07 Å². The second-order valence-corrected chi connectivity index (χ2v) is 6.89. The Kier molecular flexibility index (Phi) is 4.24. The number of aromatic nitrogens is 2. The monoisotopic (exact) mass is 415 g/mol. The highest BCUT2D eigenvalue weighted by Gasteiger charge is 2.30. The van der Waals surface area contributed by atoms with Gasteiger partial charge in [0.25, 0.3) is 0 Å². The Morgan fingerprint density at radius 1 is 1.27 bits per heavy atom. The smallest absolute Gasteiger partial charge is 0.226 e. The summed E-state index contributed by atoms with van der Waals surface area (Å²) in [4.78, 5) is 12.3. The molecule has 1 aromatic heterocycles. The molecule has 2 aromatic carbocycles. The normalized spacial score (nSPS) is 16.1. The average Bonchev–Trinajstić information content (AvgIpc) is 3.05. The molecule has 0 fully saturated rings. The summed E-state index contributed by atoms with van der Waals surface area (Å²) in [5.41, 5.74) is 2.60. The van der Waals surface area contributed by atoms with E-state index < -0.39 is 0 Å². The zero-order valence-corrected chi connectivity index (χ0v) is 15.5. The molecule has 132 valence electrons. The fraction of sp³-hybridized carbons (Fsp3) is 0.158. The number of anilines is 1. The van der Waals surface area contributed by atoms with Crippen LogP contribution in [0.3, 0.4) is 0 Å². The van der Waals surface area contributed by atoms with Gasteiger partial charge < -0.3 is 10.1 Å². The number of halogens is 2. The Balaban J connectivity index is 1.78. The van der Waals surface area contributed by atoms with Gasteiger partial charge >= 0.3 is 0 Å². The van der Waals surface area contributed by atoms with Crippen LogP contribution in [0.5, 0.6) is 5.75 Å². The van der Waals surface area contributed by atoms with Crippen molar-refractivity contribution in [3.63, 3.8) is 0 Å². The Labute approximate surface area is 157 Å². The minimum absolute atomic E-state index is 0.0849. The van der Waals surface area contributed by atoms with Crippen LogP contribution >= 0.6 is 15.9 Å². The minimum atomic E-state index is -0.320. The summed E-state index contributed by atoms with van der Waals surface area (Å²) in [6, 6.07) is 11.8. The number of benzene rings is 2. The van der Waals surface area contributed by atoms with Crippen LogP contribution in [0, 0.1) is 5.82 Å². The number of methoxy groups -OCH3 is 1. The molecule has 0 aliphatic carbocycles. The number of rotatable bonds is 3. The molecule has 0 spiro atoms. The molecule has 1 amide bonds. The maximum absolute atomic E-state index is 13.2. The molecule has 1 aliphatic rings. The molecule has 1 atom stereocenters. The number of nitrogens with one attached hydrogen (secondary N) is 1. The first-order chi connectivity index (χ1) is 12.6. The second-order valence-electron chi connectivity index (χ2n) is 6.04. The van der Waals surface area contributed by atoms with Crippen molar-refractivity contribution in [1.29, 1.82) is 0 Å². The fourth-order valence-electron chi connectivity index (χ4n) is 3.19. The van der Waals surface area contributed by atoms with Gasteiger partial charge in [0.2, 0.25) is 5.91 Å². The predicted molar refractivity (Wildman–Crippen MR) is 99.3 cm³/mol. The van der Waals surface area contributed by atoms with E-state index in [-0.39, 0.29) is 17.6 Å². The molecular weight excluding hydrogens is 401 g/mol. The van der Waals surface area contributed by atoms with Crippen LogP contribution < -0.4 is 10.1 Å². The van der Waals surface area contributed by atoms with Gasteiger partial charge in [0.1, 0.15) is 17.4 Å². The molecule has 5 nitrogen and oxygen atoms in total. The third-order valence-electron chi connectivity index (χ3n) is 4.47. The Morgan fingerprint density at radius 2 is 2.04 bits per heavy atom. The van der Waals surface area contributed by atoms with Gasteiger partial charge in [0, 0.05) is 17.9 Å². The zero-order chi connectivity index (χ0) is 18.3. The number of ether oxygens (including phenoxy) is 1. The van der Waals surface area contributed by atoms with Gasteiger partial charge in [-0.15, -0.1) is 0 Å². The summed E-state index contributed by atoms with van der Waals surface area (Å²) in [6.45, 7) is 0. The van der Waals surface area contributed by atoms with Crippen LogP contribution in [0.4, 0.5) is 10.2 Å². The third kappa shape index (κ3) is 2.88. The van der Waals surface area contributed by atoms with Crippen molar-refractivity contribution in [3.8, 4) is 11.4 Å². The standard InChI is InChI=1S/C19H15BrFN3O2/c1-26-17-7-2-11(8-16(17)20)14-9-18(25)23-19-15(14)10-22-24(19)13-5-3-12(21)4-6-13/h2-8,10,14H,9H2,1H3,(H,23,25)/t14-/m0/s1. The summed E-state index contributed by atoms with van der Waals surface area (Å²) in [5, 5.41) is 7.30. The van der Waals surface area contributed by atoms with E-state index in [4.69, 9.17) is 4.74 Å². The highest BCUT2D eigenvalue weighted by atomic mass is 79.9. The molecule has 4 rings (SSSR count). The molecule has 26 heavy (non-hydrogen) atoms. The van der Waals surface area contributed by atoms with Crippen LogP contribution in [0.2, 0.25) is 0 Å². The average molecular weight is 416 g/mol. The zero-order valence-electron chi connectivity index (χ0n) is 13.9. The Bertz CT molecular complexity index is 985. The largest absolute Gasteiger partial charge is 0.496 e. The maximum atomic E-state index is 13.2. The number of fused-ring (bicyclic) bond motifs is 1. The molecule has 0 radical (unpaired) electrons. The SMILES string of the molecule is COc1ccc([C@@H]2CC(=O)Nc3c2cnn3-c2ccc(F)cc2)cc1Br. The molecule has 0 unspecified atom stereocenters. The molecule has 0 saturated heterocycles. The number of hydrogen-bond donors (Lipinski definition) is 1. The van der Waals surface area contributed by atoms with Crippen LogP contribution in [-0.4, -0.2) is 22.8 Å². The van der Waals surface area contributed by atoms with Gasteiger partial charge in [-0.1, -0.05) is 6.07 Å². The van der Waals surface area contributed by atoms with Crippen molar-refractivity contribution in [3.05, 3.63) is 70.1 Å². The van der Waals surface area contributed by atoms with E-state index in [9.17, 15) is 9.18 Å². The third-order valence-corrected chi connectivity index (χ3v) is 5.09. The first kappa shape index (κ1) is 16.8. The highest BCUT2D eigenvalue weighted by molar-refractivity contribution is 9.10. The van der Waals surface area contributed by atoms with Gasteiger partial charge in [-0.05, 0) is 57.9 Å². The van der Waals surface area contributed by atoms with E-state index in [2.05, 4.69) is 26.3 Å². The number of carbonyl (C=O) groups excluding carboxylic acids is 1. The summed E-state index contributed by atoms with van der Waals surface area (Å²) < 4.78 is 20.9. The highest BCUT2D eigenvalue weighted by Crippen LogP contribution is 2.40. The fourth-order valence-corrected chi connectivity index (χ4v) is 3.75. The molecule has 3 aromatic rings. The van der Waals surface area contributed by atoms with Gasteiger partial charge in [0.05, 0.1) is 23.5 Å². The maximum Gasteiger partial charge on any atom is 0.226 e. The number of nitrogens with zero attached hydrogens (tertiary/aromatic N) is 2. The lowest BCUT2D eigenvalue weighted by atomic mass is 9.87. The predicted octanol–water partition coefficient (Wildman–Crippen LogP) is 4.26. The topological polar surface area (TPSA) is 56.1 Å². The molecule has 7 heteroatoms. The lowest BCUT2D eigenvalue weighted by Crippen LogP contribution is -2.24. The first-order valence-corrected chi connectivity index (χ1v) is 8.83. The van der Waals surface area contributed by atoms with Crippen LogP contribution in [-0.2, 0) is 4.79 Å². The van der Waals surface area contributed by atoms with Crippen LogP contribution in [0.25, 0.3) is 5.69 Å². The number of carbonyl (C=O) groups is 1. The van der Waals surface area contributed by atoms with Crippen molar-refractivity contribution in [2.45, 2.75) is 12.3 Å². The van der Waals surface area contributed by atoms with Crippen molar-refractivity contribution in [2.75, 3.05) is 12.4 Å². The van der Waals surface area contributed by atoms with E-state index in [0.717, 1.165) is 21.3 Å². The Hall–Kier alpha value is -2.67. The lowest BCUT2D eigenvalue weighted by Gasteiger charge is -2.24. The van der Waals surface area contributed by atoms with E-state index in [1.807, 2.05) is 18.2 Å². The second kappa shape index (κ2) is 6.57. The Morgan fingerprint density at radius 3 is 2.73 bits per heavy atom. The van der Waals surface area contributed by atoms with Crippen molar-refractivity contribution in [2.24, 2.45) is 0 Å². The summed E-state index contributed by atoms with van der Waals surface area (Å²) in [5.74, 6) is 0.828. The summed E-state index contributed by atoms with van der Waals surface area (Å²) in [7, 11) is 1.61. The van der Waals surface area contributed by atoms with Crippen molar-refractivity contribution < 1.29 is 13.9 Å².